The van der Waals surface area contributed by atoms with Crippen LogP contribution in [0.1, 0.15) is 17.8 Å². The summed E-state index contributed by atoms with van der Waals surface area (Å²) < 4.78 is 0. The topological polar surface area (TPSA) is 41.1 Å². The molecule has 2 aliphatic rings. The van der Waals surface area contributed by atoms with Gasteiger partial charge in [-0.2, -0.15) is 0 Å². The van der Waals surface area contributed by atoms with Crippen LogP contribution in [-0.2, 0) is 6.54 Å². The first-order valence-corrected chi connectivity index (χ1v) is 6.06. The summed E-state index contributed by atoms with van der Waals surface area (Å²) in [5.74, 6) is 0.858. The zero-order valence-electron chi connectivity index (χ0n) is 10.5. The van der Waals surface area contributed by atoms with Crippen LogP contribution < -0.4 is 5.32 Å². The van der Waals surface area contributed by atoms with Crippen LogP contribution in [0.2, 0.25) is 0 Å². The van der Waals surface area contributed by atoms with E-state index < -0.39 is 0 Å². The molecule has 3 rings (SSSR count). The highest BCUT2D eigenvalue weighted by atomic mass is 35.5. The predicted octanol–water partition coefficient (Wildman–Crippen LogP) is 1.42. The zero-order chi connectivity index (χ0) is 11.0. The van der Waals surface area contributed by atoms with Gasteiger partial charge in [0.2, 0.25) is 0 Å². The predicted molar refractivity (Wildman–Crippen MR) is 76.4 cm³/mol. The quantitative estimate of drug-likeness (QED) is 0.895. The van der Waals surface area contributed by atoms with Gasteiger partial charge in [0.05, 0.1) is 11.4 Å². The molecule has 0 saturated carbocycles. The van der Waals surface area contributed by atoms with Gasteiger partial charge in [0, 0.05) is 31.5 Å². The molecular formula is C12H20Cl2N4. The van der Waals surface area contributed by atoms with Gasteiger partial charge in [-0.05, 0) is 32.4 Å². The number of nitrogens with zero attached hydrogens (tertiary/aromatic N) is 3. The minimum Gasteiger partial charge on any atom is -0.315 e. The van der Waals surface area contributed by atoms with E-state index in [2.05, 4.69) is 20.2 Å². The van der Waals surface area contributed by atoms with Crippen molar-refractivity contribution in [1.29, 1.82) is 0 Å². The Morgan fingerprint density at radius 3 is 2.83 bits per heavy atom. The third-order valence-corrected chi connectivity index (χ3v) is 3.90. The van der Waals surface area contributed by atoms with E-state index in [4.69, 9.17) is 0 Å². The molecule has 102 valence electrons. The van der Waals surface area contributed by atoms with Gasteiger partial charge >= 0.3 is 0 Å². The summed E-state index contributed by atoms with van der Waals surface area (Å²) in [6, 6.07) is 0.724. The lowest BCUT2D eigenvalue weighted by molar-refractivity contribution is 0.240. The number of hydrogen-bond donors (Lipinski definition) is 1. The Kier molecular flexibility index (Phi) is 5.79. The van der Waals surface area contributed by atoms with E-state index in [1.165, 1.54) is 19.5 Å². The van der Waals surface area contributed by atoms with E-state index in [0.717, 1.165) is 36.4 Å². The highest BCUT2D eigenvalue weighted by Crippen LogP contribution is 2.28. The lowest BCUT2D eigenvalue weighted by Gasteiger charge is -2.22. The number of fused-ring (bicyclic) bond motifs is 1. The number of aromatic nitrogens is 2. The molecule has 2 atom stereocenters. The molecule has 1 N–H and O–H groups in total. The summed E-state index contributed by atoms with van der Waals surface area (Å²) in [5.41, 5.74) is 2.20. The molecule has 18 heavy (non-hydrogen) atoms. The van der Waals surface area contributed by atoms with Crippen LogP contribution >= 0.6 is 24.8 Å². The van der Waals surface area contributed by atoms with Crippen molar-refractivity contribution in [2.24, 2.45) is 5.92 Å². The van der Waals surface area contributed by atoms with Crippen LogP contribution in [0.4, 0.5) is 0 Å². The van der Waals surface area contributed by atoms with Crippen molar-refractivity contribution < 1.29 is 0 Å². The van der Waals surface area contributed by atoms with Gasteiger partial charge in [-0.15, -0.1) is 24.8 Å². The Labute approximate surface area is 120 Å². The minimum absolute atomic E-state index is 0. The first kappa shape index (κ1) is 15.6. The number of likely N-dealkylation sites (tertiary alicyclic amines) is 1. The molecule has 0 aromatic carbocycles. The summed E-state index contributed by atoms with van der Waals surface area (Å²) in [7, 11) is 0. The van der Waals surface area contributed by atoms with Gasteiger partial charge in [0.1, 0.15) is 0 Å². The average Bonchev–Trinajstić information content (AvgIpc) is 2.86. The molecule has 1 aromatic rings. The molecule has 6 heteroatoms. The van der Waals surface area contributed by atoms with Gasteiger partial charge in [-0.25, -0.2) is 0 Å². The minimum atomic E-state index is 0. The third-order valence-electron chi connectivity index (χ3n) is 3.90. The summed E-state index contributed by atoms with van der Waals surface area (Å²) >= 11 is 0. The second-order valence-electron chi connectivity index (χ2n) is 4.83. The Morgan fingerprint density at radius 1 is 1.28 bits per heavy atom. The molecule has 0 bridgehead atoms. The summed E-state index contributed by atoms with van der Waals surface area (Å²) in [6.45, 7) is 6.56. The van der Waals surface area contributed by atoms with Crippen molar-refractivity contribution in [3.8, 4) is 0 Å². The van der Waals surface area contributed by atoms with Crippen LogP contribution in [0.3, 0.4) is 0 Å². The number of rotatable bonds is 2. The molecular weight excluding hydrogens is 271 g/mol. The second-order valence-corrected chi connectivity index (χ2v) is 4.83. The van der Waals surface area contributed by atoms with Crippen molar-refractivity contribution in [2.75, 3.05) is 19.6 Å². The first-order chi connectivity index (χ1) is 7.84. The second kappa shape index (κ2) is 6.66. The smallest absolute Gasteiger partial charge is 0.0756 e. The number of halogens is 2. The van der Waals surface area contributed by atoms with E-state index >= 15 is 0 Å². The Hall–Kier alpha value is -0.420. The van der Waals surface area contributed by atoms with Gasteiger partial charge in [0.15, 0.2) is 0 Å². The van der Waals surface area contributed by atoms with E-state index in [-0.39, 0.29) is 24.8 Å². The fourth-order valence-corrected chi connectivity index (χ4v) is 2.92. The number of nitrogens with one attached hydrogen (secondary N) is 1. The summed E-state index contributed by atoms with van der Waals surface area (Å²) in [5, 5.41) is 3.48. The number of hydrogen-bond acceptors (Lipinski definition) is 4. The third kappa shape index (κ3) is 2.94. The molecule has 3 heterocycles. The van der Waals surface area contributed by atoms with Crippen molar-refractivity contribution in [2.45, 2.75) is 25.9 Å². The van der Waals surface area contributed by atoms with Gasteiger partial charge in [-0.3, -0.25) is 14.9 Å². The fourth-order valence-electron chi connectivity index (χ4n) is 2.92. The lowest BCUT2D eigenvalue weighted by atomic mass is 10.1. The molecule has 2 aliphatic heterocycles. The van der Waals surface area contributed by atoms with E-state index in [9.17, 15) is 0 Å². The molecule has 0 aliphatic carbocycles. The highest BCUT2D eigenvalue weighted by Gasteiger charge is 2.37. The summed E-state index contributed by atoms with van der Waals surface area (Å²) in [4.78, 5) is 11.3. The number of aryl methyl sites for hydroxylation is 1. The van der Waals surface area contributed by atoms with Crippen LogP contribution in [-0.4, -0.2) is 40.5 Å². The molecule has 4 nitrogen and oxygen atoms in total. The van der Waals surface area contributed by atoms with E-state index in [0.29, 0.717) is 0 Å². The lowest BCUT2D eigenvalue weighted by Crippen LogP contribution is -2.34. The molecule has 2 fully saturated rings. The molecule has 0 amide bonds. The van der Waals surface area contributed by atoms with Gasteiger partial charge in [-0.1, -0.05) is 0 Å². The molecule has 1 aromatic heterocycles. The maximum atomic E-state index is 4.43. The Balaban J connectivity index is 0.000000810. The molecule has 0 unspecified atom stereocenters. The van der Waals surface area contributed by atoms with Crippen LogP contribution in [0.5, 0.6) is 0 Å². The first-order valence-electron chi connectivity index (χ1n) is 6.06. The molecule has 0 spiro atoms. The Bertz CT molecular complexity index is 388. The maximum absolute atomic E-state index is 4.43. The van der Waals surface area contributed by atoms with Crippen LogP contribution in [0.25, 0.3) is 0 Å². The van der Waals surface area contributed by atoms with E-state index in [1.54, 1.807) is 12.4 Å². The van der Waals surface area contributed by atoms with Crippen molar-refractivity contribution in [3.05, 3.63) is 23.8 Å². The highest BCUT2D eigenvalue weighted by molar-refractivity contribution is 5.85. The van der Waals surface area contributed by atoms with Crippen molar-refractivity contribution >= 4 is 24.8 Å². The molecule has 0 radical (unpaired) electrons. The standard InChI is InChI=1S/C12H18N4.2ClH/c1-9-11(15-4-3-14-9)8-16-5-2-10-6-13-7-12(10)16;;/h3-4,10,12-13H,2,5-8H2,1H3;2*1H/t10-,12+;;/m0../s1. The summed E-state index contributed by atoms with van der Waals surface area (Å²) in [6.07, 6.45) is 4.89. The van der Waals surface area contributed by atoms with Crippen molar-refractivity contribution in [1.82, 2.24) is 20.2 Å². The SMILES string of the molecule is Cc1nccnc1CN1CC[C@H]2CNC[C@H]21.Cl.Cl. The van der Waals surface area contributed by atoms with Gasteiger partial charge < -0.3 is 5.32 Å². The van der Waals surface area contributed by atoms with E-state index in [1.807, 2.05) is 6.92 Å². The Morgan fingerprint density at radius 2 is 2.06 bits per heavy atom. The monoisotopic (exact) mass is 290 g/mol. The molecule has 2 saturated heterocycles. The average molecular weight is 291 g/mol. The van der Waals surface area contributed by atoms with Crippen LogP contribution in [0, 0.1) is 12.8 Å². The zero-order valence-corrected chi connectivity index (χ0v) is 12.1. The van der Waals surface area contributed by atoms with Crippen LogP contribution in [0.15, 0.2) is 12.4 Å². The largest absolute Gasteiger partial charge is 0.315 e. The normalized spacial score (nSPS) is 26.3. The fraction of sp³-hybridized carbons (Fsp3) is 0.667. The van der Waals surface area contributed by atoms with Crippen molar-refractivity contribution in [3.63, 3.8) is 0 Å². The maximum Gasteiger partial charge on any atom is 0.0756 e. The van der Waals surface area contributed by atoms with Gasteiger partial charge in [0.25, 0.3) is 0 Å².